The Balaban J connectivity index is 1.54. The number of hydrogen-bond acceptors (Lipinski definition) is 9. The van der Waals surface area contributed by atoms with E-state index in [1.807, 2.05) is 62.9 Å². The molecule has 2 N–H and O–H groups in total. The second-order valence-electron chi connectivity index (χ2n) is 15.8. The number of thioether (sulfide) groups is 1. The van der Waals surface area contributed by atoms with Crippen molar-refractivity contribution in [1.29, 1.82) is 0 Å². The molecule has 282 valence electrons. The van der Waals surface area contributed by atoms with Crippen LogP contribution in [0.2, 0.25) is 0 Å². The highest BCUT2D eigenvalue weighted by molar-refractivity contribution is 8.00. The maximum atomic E-state index is 11.5. The molecule has 2 fully saturated rings. The summed E-state index contributed by atoms with van der Waals surface area (Å²) in [6, 6.07) is 13.3. The fourth-order valence-corrected chi connectivity index (χ4v) is 10.5. The molecular formula is C43H57NO7S. The van der Waals surface area contributed by atoms with Crippen molar-refractivity contribution in [2.45, 2.75) is 119 Å². The highest BCUT2D eigenvalue weighted by atomic mass is 32.2. The third-order valence-corrected chi connectivity index (χ3v) is 12.6. The Hall–Kier alpha value is -3.11. The van der Waals surface area contributed by atoms with Crippen molar-refractivity contribution >= 4 is 23.8 Å². The highest BCUT2D eigenvalue weighted by Crippen LogP contribution is 2.63. The fraction of sp³-hybridized carbons (Fsp3) is 0.581. The topological polar surface area (TPSA) is 107 Å². The molecule has 6 atom stereocenters. The summed E-state index contributed by atoms with van der Waals surface area (Å²) in [5, 5.41) is 25.1. The number of allylic oxidation sites excluding steroid dienone is 1. The van der Waals surface area contributed by atoms with E-state index in [4.69, 9.17) is 24.2 Å². The summed E-state index contributed by atoms with van der Waals surface area (Å²) < 4.78 is 20.8. The van der Waals surface area contributed by atoms with Crippen LogP contribution in [0, 0.1) is 17.8 Å². The van der Waals surface area contributed by atoms with Gasteiger partial charge in [-0.1, -0.05) is 55.1 Å². The van der Waals surface area contributed by atoms with Gasteiger partial charge in [0.2, 0.25) is 5.79 Å². The predicted octanol–water partition coefficient (Wildman–Crippen LogP) is 9.40. The lowest BCUT2D eigenvalue weighted by Gasteiger charge is -2.58. The van der Waals surface area contributed by atoms with E-state index >= 15 is 0 Å². The van der Waals surface area contributed by atoms with Crippen LogP contribution in [-0.4, -0.2) is 63.9 Å². The lowest BCUT2D eigenvalue weighted by molar-refractivity contribution is -0.223. The van der Waals surface area contributed by atoms with E-state index in [9.17, 15) is 15.0 Å². The number of carbonyl (C=O) groups is 1. The highest BCUT2D eigenvalue weighted by Gasteiger charge is 2.64. The largest absolute Gasteiger partial charge is 0.460 e. The minimum atomic E-state index is -0.975. The molecular weight excluding hydrogens is 675 g/mol. The number of fused-ring (bicyclic) bond motifs is 2. The summed E-state index contributed by atoms with van der Waals surface area (Å²) in [5.41, 5.74) is 3.26. The summed E-state index contributed by atoms with van der Waals surface area (Å²) in [6.45, 7) is 10.8. The second-order valence-corrected chi connectivity index (χ2v) is 17.3. The van der Waals surface area contributed by atoms with Crippen molar-refractivity contribution in [3.63, 3.8) is 0 Å². The van der Waals surface area contributed by atoms with Crippen molar-refractivity contribution in [2.75, 3.05) is 19.8 Å². The maximum absolute atomic E-state index is 11.5. The lowest BCUT2D eigenvalue weighted by Crippen LogP contribution is -2.64. The first-order valence-corrected chi connectivity index (χ1v) is 20.3. The standard InChI is InChI=1S/C43H57NO7S/c1-5-23-48-43-39(52-33-16-6-7-17-33)27-37(44-51-42(2,3)4)35-25-30(14-8-10-21-45)34(18-9-11-22-46)40(41(35)43)36-26-32(19-20-38(36)50-43)49-31-15-12-13-29(24-31)28-47/h5,12-13,15,19-20,24-26,28,30,33-34,39-41,45-46H,1,6-11,14,16-18,21-23,27H2,2-4H3/t30-,34+,39-,40+,41+,43+/m0/s1. The molecule has 0 amide bonds. The summed E-state index contributed by atoms with van der Waals surface area (Å²) in [5.74, 6) is 1.31. The first kappa shape index (κ1) is 38.6. The average Bonchev–Trinajstić information content (AvgIpc) is 3.65. The van der Waals surface area contributed by atoms with E-state index in [-0.39, 0.29) is 42.1 Å². The number of aldehydes is 1. The number of ether oxygens (including phenoxy) is 3. The van der Waals surface area contributed by atoms with Crippen LogP contribution >= 0.6 is 11.8 Å². The Morgan fingerprint density at radius 3 is 2.48 bits per heavy atom. The SMILES string of the molecule is C=CCO[C@@]12Oc3ccc(Oc4cccc(C=O)c4)cc3[C@H]3[C@H](CCCCO)[C@@H](CCCCO)C=C(C(=NOC(C)(C)C)C[C@@H]1SC1CCCC1)[C@H]32. The quantitative estimate of drug-likeness (QED) is 0.0718. The molecule has 4 aliphatic rings. The number of rotatable bonds is 17. The molecule has 52 heavy (non-hydrogen) atoms. The van der Waals surface area contributed by atoms with Gasteiger partial charge < -0.3 is 29.3 Å². The summed E-state index contributed by atoms with van der Waals surface area (Å²) in [6.07, 6.45) is 15.7. The Morgan fingerprint density at radius 1 is 1.02 bits per heavy atom. The van der Waals surface area contributed by atoms with Crippen LogP contribution in [0.25, 0.3) is 0 Å². The van der Waals surface area contributed by atoms with Crippen LogP contribution in [0.1, 0.15) is 113 Å². The normalized spacial score (nSPS) is 27.7. The average molecular weight is 732 g/mol. The van der Waals surface area contributed by atoms with E-state index in [1.54, 1.807) is 12.1 Å². The Kier molecular flexibility index (Phi) is 12.9. The molecule has 9 heteroatoms. The molecule has 0 unspecified atom stereocenters. The van der Waals surface area contributed by atoms with Crippen molar-refractivity contribution in [3.8, 4) is 17.2 Å². The third-order valence-electron chi connectivity index (χ3n) is 10.9. The summed E-state index contributed by atoms with van der Waals surface area (Å²) in [4.78, 5) is 17.8. The monoisotopic (exact) mass is 731 g/mol. The number of aliphatic hydroxyl groups excluding tert-OH is 2. The van der Waals surface area contributed by atoms with Gasteiger partial charge >= 0.3 is 0 Å². The van der Waals surface area contributed by atoms with Crippen LogP contribution in [0.3, 0.4) is 0 Å². The lowest BCUT2D eigenvalue weighted by atomic mass is 9.56. The molecule has 3 aliphatic carbocycles. The zero-order valence-corrected chi connectivity index (χ0v) is 32.0. The third kappa shape index (κ3) is 8.64. The molecule has 2 aromatic carbocycles. The van der Waals surface area contributed by atoms with Crippen LogP contribution < -0.4 is 9.47 Å². The van der Waals surface area contributed by atoms with Crippen molar-refractivity contribution in [2.24, 2.45) is 22.9 Å². The molecule has 0 aromatic heterocycles. The number of unbranched alkanes of at least 4 members (excludes halogenated alkanes) is 2. The predicted molar refractivity (Wildman–Crippen MR) is 208 cm³/mol. The Morgan fingerprint density at radius 2 is 1.77 bits per heavy atom. The number of hydrogen-bond donors (Lipinski definition) is 2. The second kappa shape index (κ2) is 17.4. The number of aliphatic hydroxyl groups is 2. The van der Waals surface area contributed by atoms with Crippen LogP contribution in [0.4, 0.5) is 0 Å². The molecule has 0 radical (unpaired) electrons. The molecule has 2 saturated carbocycles. The number of oxime groups is 1. The number of carbonyl (C=O) groups excluding carboxylic acids is 1. The minimum Gasteiger partial charge on any atom is -0.460 e. The van der Waals surface area contributed by atoms with Gasteiger partial charge in [-0.25, -0.2) is 0 Å². The van der Waals surface area contributed by atoms with Gasteiger partial charge in [0.1, 0.15) is 29.1 Å². The van der Waals surface area contributed by atoms with Crippen molar-refractivity contribution in [3.05, 3.63) is 77.9 Å². The van der Waals surface area contributed by atoms with Gasteiger partial charge in [0.05, 0.1) is 23.5 Å². The zero-order chi connectivity index (χ0) is 36.7. The first-order chi connectivity index (χ1) is 25.2. The van der Waals surface area contributed by atoms with Gasteiger partial charge in [0, 0.05) is 41.9 Å². The Bertz CT molecular complexity index is 1590. The minimum absolute atomic E-state index is 0.0111. The molecule has 0 bridgehead atoms. The zero-order valence-electron chi connectivity index (χ0n) is 31.1. The van der Waals surface area contributed by atoms with Gasteiger partial charge in [-0.15, -0.1) is 18.3 Å². The van der Waals surface area contributed by atoms with Crippen molar-refractivity contribution in [1.82, 2.24) is 0 Å². The van der Waals surface area contributed by atoms with E-state index in [0.29, 0.717) is 35.3 Å². The van der Waals surface area contributed by atoms with E-state index in [1.165, 1.54) is 25.7 Å². The summed E-state index contributed by atoms with van der Waals surface area (Å²) >= 11 is 2.00. The van der Waals surface area contributed by atoms with E-state index < -0.39 is 11.4 Å². The number of nitrogens with zero attached hydrogens (tertiary/aromatic N) is 1. The maximum Gasteiger partial charge on any atom is 0.230 e. The van der Waals surface area contributed by atoms with Gasteiger partial charge in [-0.05, 0) is 107 Å². The molecule has 1 heterocycles. The molecule has 0 spiro atoms. The van der Waals surface area contributed by atoms with Gasteiger partial charge in [0.15, 0.2) is 0 Å². The molecule has 1 aliphatic heterocycles. The molecule has 2 aromatic rings. The van der Waals surface area contributed by atoms with Crippen LogP contribution in [-0.2, 0) is 9.57 Å². The number of benzene rings is 2. The Labute approximate surface area is 314 Å². The van der Waals surface area contributed by atoms with Gasteiger partial charge in [0.25, 0.3) is 0 Å². The van der Waals surface area contributed by atoms with E-state index in [0.717, 1.165) is 67.4 Å². The smallest absolute Gasteiger partial charge is 0.230 e. The van der Waals surface area contributed by atoms with Gasteiger partial charge in [-0.3, -0.25) is 4.79 Å². The molecule has 8 nitrogen and oxygen atoms in total. The fourth-order valence-electron chi connectivity index (χ4n) is 8.74. The summed E-state index contributed by atoms with van der Waals surface area (Å²) in [7, 11) is 0. The van der Waals surface area contributed by atoms with Crippen LogP contribution in [0.15, 0.2) is 71.9 Å². The van der Waals surface area contributed by atoms with Crippen LogP contribution in [0.5, 0.6) is 17.2 Å². The van der Waals surface area contributed by atoms with Gasteiger partial charge in [-0.2, -0.15) is 0 Å². The molecule has 0 saturated heterocycles. The van der Waals surface area contributed by atoms with E-state index in [2.05, 4.69) is 18.7 Å². The first-order valence-electron chi connectivity index (χ1n) is 19.3. The molecule has 6 rings (SSSR count). The van der Waals surface area contributed by atoms with Crippen molar-refractivity contribution < 1.29 is 34.1 Å².